The molecule has 8 heteroatoms. The Labute approximate surface area is 150 Å². The minimum absolute atomic E-state index is 0.197. The van der Waals surface area contributed by atoms with E-state index in [1.54, 1.807) is 19.1 Å². The molecule has 0 aliphatic rings. The topological polar surface area (TPSA) is 74.5 Å². The van der Waals surface area contributed by atoms with Crippen molar-refractivity contribution in [3.63, 3.8) is 0 Å². The Kier molecular flexibility index (Phi) is 5.27. The van der Waals surface area contributed by atoms with E-state index >= 15 is 0 Å². The fraction of sp³-hybridized carbons (Fsp3) is 0.188. The summed E-state index contributed by atoms with van der Waals surface area (Å²) in [4.78, 5) is 12.7. The van der Waals surface area contributed by atoms with Crippen LogP contribution in [0.3, 0.4) is 0 Å². The van der Waals surface area contributed by atoms with Gasteiger partial charge in [0, 0.05) is 4.47 Å². The lowest BCUT2D eigenvalue weighted by Gasteiger charge is -2.10. The second kappa shape index (κ2) is 7.59. The van der Waals surface area contributed by atoms with Crippen LogP contribution in [0.25, 0.3) is 10.8 Å². The van der Waals surface area contributed by atoms with Crippen molar-refractivity contribution in [2.45, 2.75) is 13.0 Å². The largest absolute Gasteiger partial charge is 0.482 e. The fourth-order valence-corrected chi connectivity index (χ4v) is 2.76. The van der Waals surface area contributed by atoms with Gasteiger partial charge < -0.3 is 13.9 Å². The van der Waals surface area contributed by atoms with Gasteiger partial charge in [-0.15, -0.1) is 21.5 Å². The van der Waals surface area contributed by atoms with E-state index in [0.29, 0.717) is 11.6 Å². The molecule has 0 fully saturated rings. The number of carbonyl (C=O) groups is 1. The molecule has 0 saturated carbocycles. The van der Waals surface area contributed by atoms with Gasteiger partial charge in [-0.3, -0.25) is 0 Å². The van der Waals surface area contributed by atoms with Crippen molar-refractivity contribution in [3.8, 4) is 16.5 Å². The predicted octanol–water partition coefficient (Wildman–Crippen LogP) is 4.24. The standard InChI is InChI=1S/C16H13BrN2O4S/c1-10(15-18-19-16(23-15)13-3-2-8-24-13)22-14(20)9-21-12-6-4-11(17)5-7-12/h2-8,10H,9H2,1H3/t10-/m0/s1. The molecular formula is C16H13BrN2O4S. The van der Waals surface area contributed by atoms with E-state index in [1.807, 2.05) is 29.6 Å². The highest BCUT2D eigenvalue weighted by atomic mass is 79.9. The monoisotopic (exact) mass is 408 g/mol. The number of aromatic nitrogens is 2. The Bertz CT molecular complexity index is 802. The third kappa shape index (κ3) is 4.21. The van der Waals surface area contributed by atoms with E-state index in [4.69, 9.17) is 13.9 Å². The summed E-state index contributed by atoms with van der Waals surface area (Å²) < 4.78 is 17.1. The van der Waals surface area contributed by atoms with Crippen molar-refractivity contribution in [1.82, 2.24) is 10.2 Å². The van der Waals surface area contributed by atoms with E-state index in [0.717, 1.165) is 9.35 Å². The third-order valence-corrected chi connectivity index (χ3v) is 4.39. The number of thiophene rings is 1. The lowest BCUT2D eigenvalue weighted by Crippen LogP contribution is -2.17. The Balaban J connectivity index is 1.53. The third-order valence-electron chi connectivity index (χ3n) is 3.00. The minimum atomic E-state index is -0.646. The van der Waals surface area contributed by atoms with E-state index in [-0.39, 0.29) is 12.5 Å². The maximum absolute atomic E-state index is 11.9. The average Bonchev–Trinajstić information content (AvgIpc) is 3.25. The van der Waals surface area contributed by atoms with Crippen molar-refractivity contribution in [2.24, 2.45) is 0 Å². The van der Waals surface area contributed by atoms with E-state index in [1.165, 1.54) is 11.3 Å². The second-order valence-corrected chi connectivity index (χ2v) is 6.66. The molecule has 3 aromatic rings. The smallest absolute Gasteiger partial charge is 0.344 e. The van der Waals surface area contributed by atoms with Crippen LogP contribution in [0.15, 0.2) is 50.7 Å². The molecule has 3 rings (SSSR count). The van der Waals surface area contributed by atoms with Crippen LogP contribution in [-0.4, -0.2) is 22.8 Å². The van der Waals surface area contributed by atoms with Crippen LogP contribution >= 0.6 is 27.3 Å². The highest BCUT2D eigenvalue weighted by Crippen LogP contribution is 2.25. The zero-order valence-corrected chi connectivity index (χ0v) is 15.0. The molecule has 0 amide bonds. The first-order valence-electron chi connectivity index (χ1n) is 7.07. The van der Waals surface area contributed by atoms with Gasteiger partial charge in [0.05, 0.1) is 4.88 Å². The summed E-state index contributed by atoms with van der Waals surface area (Å²) in [5.74, 6) is 0.728. The van der Waals surface area contributed by atoms with Gasteiger partial charge >= 0.3 is 5.97 Å². The first kappa shape index (κ1) is 16.7. The molecule has 1 atom stereocenters. The molecule has 24 heavy (non-hydrogen) atoms. The second-order valence-electron chi connectivity index (χ2n) is 4.80. The molecule has 1 aromatic carbocycles. The molecule has 124 valence electrons. The number of esters is 1. The van der Waals surface area contributed by atoms with E-state index in [2.05, 4.69) is 26.1 Å². The molecule has 0 aliphatic heterocycles. The molecule has 0 bridgehead atoms. The number of rotatable bonds is 6. The van der Waals surface area contributed by atoms with Gasteiger partial charge in [-0.05, 0) is 42.6 Å². The van der Waals surface area contributed by atoms with Crippen molar-refractivity contribution >= 4 is 33.2 Å². The van der Waals surface area contributed by atoms with Gasteiger partial charge in [-0.2, -0.15) is 0 Å². The number of hydrogen-bond donors (Lipinski definition) is 0. The molecule has 2 heterocycles. The van der Waals surface area contributed by atoms with Crippen molar-refractivity contribution in [3.05, 3.63) is 52.1 Å². The highest BCUT2D eigenvalue weighted by Gasteiger charge is 2.19. The summed E-state index contributed by atoms with van der Waals surface area (Å²) in [7, 11) is 0. The Morgan fingerprint density at radius 2 is 2.08 bits per heavy atom. The molecule has 0 spiro atoms. The van der Waals surface area contributed by atoms with Crippen molar-refractivity contribution in [1.29, 1.82) is 0 Å². The molecule has 2 aromatic heterocycles. The van der Waals surface area contributed by atoms with Crippen LogP contribution in [0, 0.1) is 0 Å². The van der Waals surface area contributed by atoms with Gasteiger partial charge in [0.1, 0.15) is 5.75 Å². The number of benzene rings is 1. The first-order valence-corrected chi connectivity index (χ1v) is 8.74. The molecule has 0 saturated heterocycles. The number of ether oxygens (including phenoxy) is 2. The SMILES string of the molecule is C[C@H](OC(=O)COc1ccc(Br)cc1)c1nnc(-c2cccs2)o1. The molecule has 6 nitrogen and oxygen atoms in total. The minimum Gasteiger partial charge on any atom is -0.482 e. The normalized spacial score (nSPS) is 11.9. The fourth-order valence-electron chi connectivity index (χ4n) is 1.85. The van der Waals surface area contributed by atoms with Gasteiger partial charge in [-0.25, -0.2) is 4.79 Å². The first-order chi connectivity index (χ1) is 11.6. The summed E-state index contributed by atoms with van der Waals surface area (Å²) in [6.07, 6.45) is -0.646. The maximum Gasteiger partial charge on any atom is 0.344 e. The van der Waals surface area contributed by atoms with Crippen LogP contribution in [-0.2, 0) is 9.53 Å². The van der Waals surface area contributed by atoms with Gasteiger partial charge in [-0.1, -0.05) is 22.0 Å². The molecular weight excluding hydrogens is 396 g/mol. The number of carbonyl (C=O) groups excluding carboxylic acids is 1. The zero-order valence-electron chi connectivity index (χ0n) is 12.6. The molecule has 0 unspecified atom stereocenters. The van der Waals surface area contributed by atoms with Gasteiger partial charge in [0.2, 0.25) is 0 Å². The summed E-state index contributed by atoms with van der Waals surface area (Å²) in [5, 5.41) is 9.79. The van der Waals surface area contributed by atoms with Crippen LogP contribution in [0.4, 0.5) is 0 Å². The number of nitrogens with zero attached hydrogens (tertiary/aromatic N) is 2. The van der Waals surface area contributed by atoms with Crippen LogP contribution < -0.4 is 4.74 Å². The lowest BCUT2D eigenvalue weighted by atomic mass is 10.3. The zero-order chi connectivity index (χ0) is 16.9. The Morgan fingerprint density at radius 3 is 2.79 bits per heavy atom. The van der Waals surface area contributed by atoms with Crippen LogP contribution in [0.1, 0.15) is 18.9 Å². The van der Waals surface area contributed by atoms with E-state index < -0.39 is 12.1 Å². The van der Waals surface area contributed by atoms with Crippen molar-refractivity contribution in [2.75, 3.05) is 6.61 Å². The van der Waals surface area contributed by atoms with E-state index in [9.17, 15) is 4.79 Å². The predicted molar refractivity (Wildman–Crippen MR) is 91.8 cm³/mol. The highest BCUT2D eigenvalue weighted by molar-refractivity contribution is 9.10. The summed E-state index contributed by atoms with van der Waals surface area (Å²) in [6.45, 7) is 1.47. The summed E-state index contributed by atoms with van der Waals surface area (Å²) >= 11 is 4.82. The molecule has 0 aliphatic carbocycles. The number of hydrogen-bond acceptors (Lipinski definition) is 7. The Morgan fingerprint density at radius 1 is 1.29 bits per heavy atom. The average molecular weight is 409 g/mol. The quantitative estimate of drug-likeness (QED) is 0.567. The summed E-state index contributed by atoms with van der Waals surface area (Å²) in [6, 6.07) is 10.9. The van der Waals surface area contributed by atoms with Crippen LogP contribution in [0.2, 0.25) is 0 Å². The van der Waals surface area contributed by atoms with Gasteiger partial charge in [0.15, 0.2) is 12.7 Å². The molecule has 0 N–H and O–H groups in total. The van der Waals surface area contributed by atoms with Crippen molar-refractivity contribution < 1.29 is 18.7 Å². The maximum atomic E-state index is 11.9. The molecule has 0 radical (unpaired) electrons. The van der Waals surface area contributed by atoms with Crippen LogP contribution in [0.5, 0.6) is 5.75 Å². The Hall–Kier alpha value is -2.19. The summed E-state index contributed by atoms with van der Waals surface area (Å²) in [5.41, 5.74) is 0. The van der Waals surface area contributed by atoms with Gasteiger partial charge in [0.25, 0.3) is 11.8 Å². The number of halogens is 1. The lowest BCUT2D eigenvalue weighted by molar-refractivity contribution is -0.152.